The molecule has 1 N–H and O–H groups in total. The average Bonchev–Trinajstić information content (AvgIpc) is 3.00. The van der Waals surface area contributed by atoms with Gasteiger partial charge in [-0.25, -0.2) is 0 Å². The summed E-state index contributed by atoms with van der Waals surface area (Å²) in [5.74, 6) is -0.699. The van der Waals surface area contributed by atoms with Crippen molar-refractivity contribution in [2.45, 2.75) is 0 Å². The number of carbonyl (C=O) groups is 2. The topological polar surface area (TPSA) is 63.5 Å². The molecule has 0 aliphatic rings. The highest BCUT2D eigenvalue weighted by atomic mass is 79.9. The monoisotopic (exact) mass is 415 g/mol. The predicted octanol–water partition coefficient (Wildman–Crippen LogP) is 3.84. The molecule has 5 nitrogen and oxygen atoms in total. The number of anilines is 1. The smallest absolute Gasteiger partial charge is 0.281 e. The number of thiazole rings is 1. The number of carbonyl (C=O) groups excluding carboxylic acids is 2. The number of hydrogen-bond acceptors (Lipinski definition) is 3. The molecule has 3 rings (SSSR count). The maximum atomic E-state index is 12.5. The van der Waals surface area contributed by atoms with E-state index < -0.39 is 5.91 Å². The van der Waals surface area contributed by atoms with Gasteiger partial charge in [-0.2, -0.15) is 4.99 Å². The van der Waals surface area contributed by atoms with Crippen molar-refractivity contribution >= 4 is 44.8 Å². The quantitative estimate of drug-likeness (QED) is 0.705. The zero-order valence-electron chi connectivity index (χ0n) is 13.3. The summed E-state index contributed by atoms with van der Waals surface area (Å²) in [4.78, 5) is 29.8. The first-order valence-corrected chi connectivity index (χ1v) is 9.07. The van der Waals surface area contributed by atoms with Crippen LogP contribution < -0.4 is 10.1 Å². The van der Waals surface area contributed by atoms with Crippen molar-refractivity contribution in [2.24, 2.45) is 12.0 Å². The molecule has 0 fully saturated rings. The van der Waals surface area contributed by atoms with Crippen LogP contribution >= 0.6 is 27.3 Å². The van der Waals surface area contributed by atoms with Gasteiger partial charge in [0.1, 0.15) is 0 Å². The molecule has 0 saturated heterocycles. The second-order valence-electron chi connectivity index (χ2n) is 5.19. The van der Waals surface area contributed by atoms with Crippen LogP contribution in [0.5, 0.6) is 0 Å². The summed E-state index contributed by atoms with van der Waals surface area (Å²) in [6.07, 6.45) is 1.83. The second-order valence-corrected chi connectivity index (χ2v) is 6.92. The Morgan fingerprint density at radius 3 is 2.44 bits per heavy atom. The van der Waals surface area contributed by atoms with Crippen molar-refractivity contribution in [3.63, 3.8) is 0 Å². The Kier molecular flexibility index (Phi) is 5.25. The first-order chi connectivity index (χ1) is 12.1. The van der Waals surface area contributed by atoms with Gasteiger partial charge in [-0.15, -0.1) is 11.3 Å². The lowest BCUT2D eigenvalue weighted by Gasteiger charge is -2.09. The second kappa shape index (κ2) is 7.58. The summed E-state index contributed by atoms with van der Waals surface area (Å²) in [6.45, 7) is 0. The number of aromatic nitrogens is 1. The van der Waals surface area contributed by atoms with E-state index in [0.29, 0.717) is 26.1 Å². The molecular formula is C18H14BrN3O2S. The van der Waals surface area contributed by atoms with Gasteiger partial charge < -0.3 is 9.88 Å². The summed E-state index contributed by atoms with van der Waals surface area (Å²) in [5.41, 5.74) is 1.26. The van der Waals surface area contributed by atoms with Crippen molar-refractivity contribution in [3.05, 3.63) is 80.5 Å². The Balaban J connectivity index is 1.92. The van der Waals surface area contributed by atoms with Crippen molar-refractivity contribution in [1.82, 2.24) is 4.57 Å². The lowest BCUT2D eigenvalue weighted by Crippen LogP contribution is -2.17. The van der Waals surface area contributed by atoms with Gasteiger partial charge in [0.2, 0.25) is 0 Å². The van der Waals surface area contributed by atoms with Crippen LogP contribution in [0, 0.1) is 0 Å². The predicted molar refractivity (Wildman–Crippen MR) is 102 cm³/mol. The molecule has 1 heterocycles. The van der Waals surface area contributed by atoms with Crippen LogP contribution in [0.2, 0.25) is 0 Å². The highest BCUT2D eigenvalue weighted by molar-refractivity contribution is 9.10. The number of nitrogens with zero attached hydrogens (tertiary/aromatic N) is 2. The maximum absolute atomic E-state index is 12.5. The first kappa shape index (κ1) is 17.3. The largest absolute Gasteiger partial charge is 0.327 e. The Morgan fingerprint density at radius 1 is 1.08 bits per heavy atom. The molecule has 2 amide bonds. The zero-order valence-corrected chi connectivity index (χ0v) is 15.7. The highest BCUT2D eigenvalue weighted by Crippen LogP contribution is 2.20. The molecule has 25 heavy (non-hydrogen) atoms. The molecule has 0 radical (unpaired) electrons. The van der Waals surface area contributed by atoms with Crippen LogP contribution in [0.25, 0.3) is 0 Å². The molecule has 0 saturated carbocycles. The van der Waals surface area contributed by atoms with Gasteiger partial charge in [-0.05, 0) is 40.2 Å². The number of aryl methyl sites for hydroxylation is 1. The van der Waals surface area contributed by atoms with Crippen LogP contribution in [-0.2, 0) is 7.05 Å². The lowest BCUT2D eigenvalue weighted by molar-refractivity contribution is 0.0998. The van der Waals surface area contributed by atoms with E-state index in [1.54, 1.807) is 47.0 Å². The Hall–Kier alpha value is -2.51. The van der Waals surface area contributed by atoms with Crippen LogP contribution in [0.15, 0.2) is 69.6 Å². The fraction of sp³-hybridized carbons (Fsp3) is 0.0556. The standard InChI is InChI=1S/C18H14BrN3O2S/c1-22-10-11-25-18(22)21-17(24)13-7-3-5-9-15(13)20-16(23)12-6-2-4-8-14(12)19/h2-11H,1H3,(H,20,23). The molecule has 126 valence electrons. The van der Waals surface area contributed by atoms with Crippen LogP contribution in [0.4, 0.5) is 5.69 Å². The van der Waals surface area contributed by atoms with E-state index in [-0.39, 0.29) is 5.91 Å². The van der Waals surface area contributed by atoms with Crippen molar-refractivity contribution in [3.8, 4) is 0 Å². The Bertz CT molecular complexity index is 1010. The molecular weight excluding hydrogens is 402 g/mol. The number of rotatable bonds is 3. The molecule has 0 bridgehead atoms. The van der Waals surface area contributed by atoms with Crippen molar-refractivity contribution < 1.29 is 9.59 Å². The number of benzene rings is 2. The van der Waals surface area contributed by atoms with E-state index in [4.69, 9.17) is 0 Å². The molecule has 7 heteroatoms. The average molecular weight is 416 g/mol. The Morgan fingerprint density at radius 2 is 1.76 bits per heavy atom. The third-order valence-electron chi connectivity index (χ3n) is 3.48. The van der Waals surface area contributed by atoms with E-state index >= 15 is 0 Å². The van der Waals surface area contributed by atoms with Gasteiger partial charge >= 0.3 is 0 Å². The summed E-state index contributed by atoms with van der Waals surface area (Å²) in [5, 5.41) is 4.64. The number of nitrogens with one attached hydrogen (secondary N) is 1. The minimum absolute atomic E-state index is 0.297. The normalized spacial score (nSPS) is 11.4. The summed E-state index contributed by atoms with van der Waals surface area (Å²) < 4.78 is 2.46. The van der Waals surface area contributed by atoms with Crippen molar-refractivity contribution in [2.75, 3.05) is 5.32 Å². The molecule has 0 unspecified atom stereocenters. The molecule has 3 aromatic rings. The number of halogens is 1. The maximum Gasteiger partial charge on any atom is 0.281 e. The van der Waals surface area contributed by atoms with Crippen LogP contribution in [-0.4, -0.2) is 16.4 Å². The third-order valence-corrected chi connectivity index (χ3v) is 5.02. The van der Waals surface area contributed by atoms with Gasteiger partial charge in [0, 0.05) is 23.1 Å². The molecule has 0 atom stereocenters. The molecule has 0 aliphatic heterocycles. The minimum Gasteiger partial charge on any atom is -0.327 e. The minimum atomic E-state index is -0.402. The van der Waals surface area contributed by atoms with Crippen LogP contribution in [0.1, 0.15) is 20.7 Å². The van der Waals surface area contributed by atoms with Gasteiger partial charge in [0.15, 0.2) is 4.80 Å². The van der Waals surface area contributed by atoms with E-state index in [1.807, 2.05) is 24.7 Å². The van der Waals surface area contributed by atoms with Gasteiger partial charge in [-0.1, -0.05) is 24.3 Å². The molecule has 0 spiro atoms. The number of para-hydroxylation sites is 1. The van der Waals surface area contributed by atoms with Gasteiger partial charge in [-0.3, -0.25) is 9.59 Å². The first-order valence-electron chi connectivity index (χ1n) is 7.40. The Labute approximate surface area is 156 Å². The molecule has 1 aromatic heterocycles. The summed E-state index contributed by atoms with van der Waals surface area (Å²) in [6, 6.07) is 13.9. The van der Waals surface area contributed by atoms with E-state index in [2.05, 4.69) is 26.2 Å². The van der Waals surface area contributed by atoms with E-state index in [0.717, 1.165) is 0 Å². The lowest BCUT2D eigenvalue weighted by atomic mass is 10.1. The molecule has 0 aliphatic carbocycles. The number of hydrogen-bond donors (Lipinski definition) is 1. The van der Waals surface area contributed by atoms with Gasteiger partial charge in [0.25, 0.3) is 11.8 Å². The zero-order chi connectivity index (χ0) is 17.8. The third kappa shape index (κ3) is 3.94. The molecule has 2 aromatic carbocycles. The van der Waals surface area contributed by atoms with Crippen molar-refractivity contribution in [1.29, 1.82) is 0 Å². The number of amides is 2. The summed E-state index contributed by atoms with van der Waals surface area (Å²) in [7, 11) is 1.82. The summed E-state index contributed by atoms with van der Waals surface area (Å²) >= 11 is 4.73. The van der Waals surface area contributed by atoms with E-state index in [9.17, 15) is 9.59 Å². The van der Waals surface area contributed by atoms with Crippen LogP contribution in [0.3, 0.4) is 0 Å². The van der Waals surface area contributed by atoms with Gasteiger partial charge in [0.05, 0.1) is 16.8 Å². The highest BCUT2D eigenvalue weighted by Gasteiger charge is 2.15. The fourth-order valence-corrected chi connectivity index (χ4v) is 3.39. The van der Waals surface area contributed by atoms with E-state index in [1.165, 1.54) is 11.3 Å². The SMILES string of the molecule is Cn1ccsc1=NC(=O)c1ccccc1NC(=O)c1ccccc1Br. The fourth-order valence-electron chi connectivity index (χ4n) is 2.20.